The van der Waals surface area contributed by atoms with Crippen molar-refractivity contribution in [2.75, 3.05) is 18.9 Å². The van der Waals surface area contributed by atoms with Gasteiger partial charge in [0.2, 0.25) is 0 Å². The van der Waals surface area contributed by atoms with E-state index in [1.54, 1.807) is 30.4 Å². The summed E-state index contributed by atoms with van der Waals surface area (Å²) < 4.78 is 0. The Balaban J connectivity index is 1.21. The van der Waals surface area contributed by atoms with Crippen molar-refractivity contribution < 1.29 is 14.4 Å². The number of benzene rings is 2. The average molecular weight is 468 g/mol. The molecule has 0 saturated heterocycles. The minimum absolute atomic E-state index is 0.205. The molecule has 176 valence electrons. The number of carbonyl (C=O) groups is 3. The second-order valence-electron chi connectivity index (χ2n) is 8.85. The van der Waals surface area contributed by atoms with Crippen LogP contribution >= 0.6 is 0 Å². The summed E-state index contributed by atoms with van der Waals surface area (Å²) in [6, 6.07) is 13.2. The highest BCUT2D eigenvalue weighted by Crippen LogP contribution is 2.24. The van der Waals surface area contributed by atoms with E-state index in [9.17, 15) is 14.4 Å². The molecular weight excluding hydrogens is 442 g/mol. The number of amides is 3. The number of anilines is 1. The van der Waals surface area contributed by atoms with Gasteiger partial charge in [0.05, 0.1) is 5.70 Å². The smallest absolute Gasteiger partial charge is 0.270 e. The van der Waals surface area contributed by atoms with Gasteiger partial charge in [-0.25, -0.2) is 9.98 Å². The largest absolute Gasteiger partial charge is 0.347 e. The molecule has 0 bridgehead atoms. The normalized spacial score (nSPS) is 18.8. The topological polar surface area (TPSA) is 103 Å². The molecule has 8 heteroatoms. The second-order valence-corrected chi connectivity index (χ2v) is 8.85. The molecule has 0 spiro atoms. The van der Waals surface area contributed by atoms with E-state index in [0.29, 0.717) is 11.3 Å². The first-order valence-corrected chi connectivity index (χ1v) is 11.5. The Morgan fingerprint density at radius 3 is 2.89 bits per heavy atom. The summed E-state index contributed by atoms with van der Waals surface area (Å²) >= 11 is 0. The summed E-state index contributed by atoms with van der Waals surface area (Å²) in [7, 11) is 2.09. The predicted octanol–water partition coefficient (Wildman–Crippen LogP) is 2.66. The minimum Gasteiger partial charge on any atom is -0.347 e. The first-order chi connectivity index (χ1) is 17.0. The zero-order valence-corrected chi connectivity index (χ0v) is 19.3. The molecule has 1 atom stereocenters. The van der Waals surface area contributed by atoms with Gasteiger partial charge in [-0.3, -0.25) is 14.4 Å². The Labute approximate surface area is 203 Å². The number of fused-ring (bicyclic) bond motifs is 2. The highest BCUT2D eigenvalue weighted by molar-refractivity contribution is 6.44. The van der Waals surface area contributed by atoms with Gasteiger partial charge in [-0.05, 0) is 66.6 Å². The molecule has 2 aromatic rings. The fourth-order valence-corrected chi connectivity index (χ4v) is 4.35. The van der Waals surface area contributed by atoms with Crippen molar-refractivity contribution in [2.45, 2.75) is 19.5 Å². The number of nitrogens with one attached hydrogen (secondary N) is 2. The third-order valence-electron chi connectivity index (χ3n) is 6.27. The number of rotatable bonds is 5. The van der Waals surface area contributed by atoms with Crippen molar-refractivity contribution in [3.63, 3.8) is 0 Å². The molecule has 8 nitrogen and oxygen atoms in total. The Bertz CT molecular complexity index is 1340. The van der Waals surface area contributed by atoms with Crippen LogP contribution in [0.3, 0.4) is 0 Å². The van der Waals surface area contributed by atoms with Crippen LogP contribution < -0.4 is 10.6 Å². The number of allylic oxidation sites excluding steroid dienone is 1. The number of aliphatic imine (C=N–C) groups is 2. The monoisotopic (exact) mass is 467 g/mol. The van der Waals surface area contributed by atoms with E-state index in [1.165, 1.54) is 23.4 Å². The van der Waals surface area contributed by atoms with E-state index in [0.717, 1.165) is 30.8 Å². The lowest BCUT2D eigenvalue weighted by molar-refractivity contribution is -0.119. The summed E-state index contributed by atoms with van der Waals surface area (Å²) in [6.45, 7) is 2.15. The van der Waals surface area contributed by atoms with E-state index < -0.39 is 5.92 Å². The maximum absolute atomic E-state index is 12.9. The molecule has 2 N–H and O–H groups in total. The van der Waals surface area contributed by atoms with Gasteiger partial charge in [-0.15, -0.1) is 0 Å². The maximum atomic E-state index is 12.9. The van der Waals surface area contributed by atoms with Crippen LogP contribution in [0.2, 0.25) is 0 Å². The number of nitrogens with zero attached hydrogens (tertiary/aromatic N) is 3. The van der Waals surface area contributed by atoms with Crippen molar-refractivity contribution >= 4 is 35.3 Å². The minimum atomic E-state index is -0.525. The fourth-order valence-electron chi connectivity index (χ4n) is 4.35. The van der Waals surface area contributed by atoms with Crippen molar-refractivity contribution in [1.82, 2.24) is 10.2 Å². The Morgan fingerprint density at radius 2 is 2.00 bits per heavy atom. The summed E-state index contributed by atoms with van der Waals surface area (Å²) in [4.78, 5) is 47.6. The second kappa shape index (κ2) is 9.60. The van der Waals surface area contributed by atoms with Crippen LogP contribution in [0.25, 0.3) is 0 Å². The van der Waals surface area contributed by atoms with Gasteiger partial charge in [0.1, 0.15) is 11.6 Å². The molecule has 3 amide bonds. The molecule has 1 unspecified atom stereocenters. The molecule has 0 saturated carbocycles. The lowest BCUT2D eigenvalue weighted by Crippen LogP contribution is -2.32. The number of dihydropyridines is 2. The van der Waals surface area contributed by atoms with Gasteiger partial charge in [-0.1, -0.05) is 24.3 Å². The molecule has 3 heterocycles. The van der Waals surface area contributed by atoms with Crippen LogP contribution in [0.15, 0.2) is 76.4 Å². The molecular formula is C27H25N5O3. The average Bonchev–Trinajstić information content (AvgIpc) is 2.87. The summed E-state index contributed by atoms with van der Waals surface area (Å²) in [5.74, 6) is -1.38. The molecule has 5 rings (SSSR count). The summed E-state index contributed by atoms with van der Waals surface area (Å²) in [5.41, 5.74) is 5.35. The van der Waals surface area contributed by atoms with Crippen LogP contribution in [0.4, 0.5) is 5.69 Å². The molecule has 3 aliphatic rings. The van der Waals surface area contributed by atoms with E-state index in [2.05, 4.69) is 38.6 Å². The van der Waals surface area contributed by atoms with Gasteiger partial charge >= 0.3 is 0 Å². The molecule has 0 aromatic heterocycles. The zero-order chi connectivity index (χ0) is 24.4. The number of likely N-dealkylation sites (N-methyl/N-ethyl adjacent to an activating group) is 1. The van der Waals surface area contributed by atoms with Crippen molar-refractivity contribution in [3.05, 3.63) is 88.6 Å². The summed E-state index contributed by atoms with van der Waals surface area (Å²) in [6.07, 6.45) is 7.21. The van der Waals surface area contributed by atoms with Crippen molar-refractivity contribution in [1.29, 1.82) is 0 Å². The number of hydrogen-bond donors (Lipinski definition) is 2. The maximum Gasteiger partial charge on any atom is 0.270 e. The van der Waals surface area contributed by atoms with E-state index in [4.69, 9.17) is 0 Å². The molecule has 35 heavy (non-hydrogen) atoms. The van der Waals surface area contributed by atoms with Crippen molar-refractivity contribution in [2.24, 2.45) is 15.9 Å². The van der Waals surface area contributed by atoms with E-state index in [-0.39, 0.29) is 30.0 Å². The number of carbonyl (C=O) groups excluding carboxylic acids is 3. The van der Waals surface area contributed by atoms with Gasteiger partial charge in [-0.2, -0.15) is 0 Å². The Morgan fingerprint density at radius 1 is 1.11 bits per heavy atom. The van der Waals surface area contributed by atoms with Crippen LogP contribution in [0.5, 0.6) is 0 Å². The van der Waals surface area contributed by atoms with Gasteiger partial charge in [0.15, 0.2) is 0 Å². The Kier molecular flexibility index (Phi) is 6.20. The summed E-state index contributed by atoms with van der Waals surface area (Å²) in [5, 5.41) is 5.81. The third-order valence-corrected chi connectivity index (χ3v) is 6.27. The molecule has 2 aromatic carbocycles. The molecule has 0 aliphatic carbocycles. The lowest BCUT2D eigenvalue weighted by atomic mass is 9.98. The quantitative estimate of drug-likeness (QED) is 0.706. The molecule has 0 fully saturated rings. The van der Waals surface area contributed by atoms with Gasteiger partial charge in [0.25, 0.3) is 17.7 Å². The van der Waals surface area contributed by atoms with Crippen molar-refractivity contribution in [3.8, 4) is 0 Å². The van der Waals surface area contributed by atoms with E-state index >= 15 is 0 Å². The van der Waals surface area contributed by atoms with Crippen LogP contribution in [0, 0.1) is 5.92 Å². The fraction of sp³-hybridized carbons (Fsp3) is 0.222. The standard InChI is InChI=1S/C27H25N5O3/c1-32-12-10-18-5-6-21(14-20(18)16-32)30-25(33)19-4-2-3-17(13-19)15-29-27(35)24-8-7-22-23(31-24)9-11-28-26(22)34/h2-9,11,13-14,22H,10,12,15-16H2,1H3,(H,29,35)(H,30,33). The van der Waals surface area contributed by atoms with Gasteiger partial charge < -0.3 is 15.5 Å². The molecule has 3 aliphatic heterocycles. The predicted molar refractivity (Wildman–Crippen MR) is 134 cm³/mol. The lowest BCUT2D eigenvalue weighted by Gasteiger charge is -2.25. The first-order valence-electron chi connectivity index (χ1n) is 11.5. The number of hydrogen-bond acceptors (Lipinski definition) is 5. The first kappa shape index (κ1) is 22.6. The van der Waals surface area contributed by atoms with E-state index in [1.807, 2.05) is 18.2 Å². The van der Waals surface area contributed by atoms with Crippen LogP contribution in [-0.2, 0) is 29.1 Å². The highest BCUT2D eigenvalue weighted by Gasteiger charge is 2.26. The Hall–Kier alpha value is -4.17. The molecule has 0 radical (unpaired) electrons. The van der Waals surface area contributed by atoms with Gasteiger partial charge in [0, 0.05) is 37.1 Å². The van der Waals surface area contributed by atoms with Crippen LogP contribution in [-0.4, -0.2) is 48.1 Å². The highest BCUT2D eigenvalue weighted by atomic mass is 16.2. The SMILES string of the molecule is CN1CCc2ccc(NC(=O)c3cccc(CNC(=O)C4=NC5=CC=NC(=O)C5C=C4)c3)cc2C1. The zero-order valence-electron chi connectivity index (χ0n) is 19.3. The van der Waals surface area contributed by atoms with Crippen LogP contribution in [0.1, 0.15) is 27.0 Å². The third kappa shape index (κ3) is 5.02.